The maximum atomic E-state index is 12.8. The zero-order valence-electron chi connectivity index (χ0n) is 18.9. The molecule has 0 saturated carbocycles. The fourth-order valence-corrected chi connectivity index (χ4v) is 3.04. The molecule has 0 aliphatic carbocycles. The van der Waals surface area contributed by atoms with E-state index in [0.717, 1.165) is 10.2 Å². The number of nitrogens with zero attached hydrogens (tertiary/aromatic N) is 4. The lowest BCUT2D eigenvalue weighted by molar-refractivity contribution is -0.122. The summed E-state index contributed by atoms with van der Waals surface area (Å²) in [6.07, 6.45) is 1.56. The van der Waals surface area contributed by atoms with E-state index in [1.807, 2.05) is 13.8 Å². The minimum absolute atomic E-state index is 0.0825. The fraction of sp³-hybridized carbons (Fsp3) is 0.400. The molecule has 27 heavy (non-hydrogen) atoms. The first kappa shape index (κ1) is 15.1. The van der Waals surface area contributed by atoms with Gasteiger partial charge in [-0.3, -0.25) is 14.3 Å². The molecule has 1 atom stereocenters. The molecule has 0 radical (unpaired) electrons. The number of benzene rings is 1. The van der Waals surface area contributed by atoms with Crippen LogP contribution in [0.4, 0.5) is 0 Å². The molecule has 0 aliphatic heterocycles. The number of rotatable bonds is 5. The summed E-state index contributed by atoms with van der Waals surface area (Å²) in [6.45, 7) is 5.10. The molecular weight excluding hydrogens is 342 g/mol. The molecule has 0 fully saturated rings. The molecule has 1 amide bonds. The van der Waals surface area contributed by atoms with Crippen LogP contribution in [0.1, 0.15) is 53.8 Å². The Morgan fingerprint density at radius 1 is 1.26 bits per heavy atom. The molecule has 2 heterocycles. The first-order valence-electron chi connectivity index (χ1n) is 10.3. The molecule has 0 spiro atoms. The van der Waals surface area contributed by atoms with Gasteiger partial charge in [-0.25, -0.2) is 4.68 Å². The first-order valence-corrected chi connectivity index (χ1v) is 8.83. The summed E-state index contributed by atoms with van der Waals surface area (Å²) in [7, 11) is 0. The van der Waals surface area contributed by atoms with Gasteiger partial charge in [-0.1, -0.05) is 29.8 Å². The summed E-state index contributed by atoms with van der Waals surface area (Å²) in [4.78, 5) is 25.3. The highest BCUT2D eigenvalue weighted by atomic mass is 16.2. The second-order valence-electron chi connectivity index (χ2n) is 6.90. The van der Waals surface area contributed by atoms with Gasteiger partial charge in [0.05, 0.1) is 28.8 Å². The smallest absolute Gasteiger partial charge is 0.278 e. The van der Waals surface area contributed by atoms with Crippen molar-refractivity contribution in [1.82, 2.24) is 24.9 Å². The van der Waals surface area contributed by atoms with E-state index in [1.54, 1.807) is 36.9 Å². The molecule has 7 nitrogen and oxygen atoms in total. The summed E-state index contributed by atoms with van der Waals surface area (Å²) < 4.78 is 25.1. The number of fused-ring (bicyclic) bond motifs is 1. The Balaban J connectivity index is 1.76. The van der Waals surface area contributed by atoms with Crippen LogP contribution in [0, 0.1) is 13.8 Å². The lowest BCUT2D eigenvalue weighted by Crippen LogP contribution is -2.35. The van der Waals surface area contributed by atoms with Crippen LogP contribution < -0.4 is 10.9 Å². The number of hydrogen-bond donors (Lipinski definition) is 1. The van der Waals surface area contributed by atoms with Gasteiger partial charge in [0, 0.05) is 10.2 Å². The van der Waals surface area contributed by atoms with Gasteiger partial charge in [0.1, 0.15) is 6.54 Å². The van der Waals surface area contributed by atoms with Crippen molar-refractivity contribution in [2.24, 2.45) is 0 Å². The van der Waals surface area contributed by atoms with Crippen LogP contribution in [-0.4, -0.2) is 25.5 Å². The SMILES string of the molecule is [2H]C([2H])([2H])c1ccc([C@H](C)NC(=O)Cn2ncc3c(c(C)nn3C(C)C)c2=O)cc1. The van der Waals surface area contributed by atoms with Crippen molar-refractivity contribution < 1.29 is 8.91 Å². The van der Waals surface area contributed by atoms with Gasteiger partial charge in [-0.15, -0.1) is 0 Å². The average molecular weight is 370 g/mol. The normalized spacial score (nSPS) is 14.6. The van der Waals surface area contributed by atoms with Gasteiger partial charge >= 0.3 is 0 Å². The quantitative estimate of drug-likeness (QED) is 0.749. The highest BCUT2D eigenvalue weighted by molar-refractivity contribution is 5.81. The number of hydrogen-bond acceptors (Lipinski definition) is 4. The van der Waals surface area contributed by atoms with Gasteiger partial charge in [-0.05, 0) is 40.1 Å². The molecular formula is C20H25N5O2. The highest BCUT2D eigenvalue weighted by Gasteiger charge is 2.17. The topological polar surface area (TPSA) is 81.8 Å². The van der Waals surface area contributed by atoms with Crippen LogP contribution in [0.2, 0.25) is 0 Å². The Bertz CT molecular complexity index is 1130. The third-order valence-electron chi connectivity index (χ3n) is 4.46. The van der Waals surface area contributed by atoms with E-state index in [-0.39, 0.29) is 35.7 Å². The number of carbonyl (C=O) groups excluding carboxylic acids is 1. The molecule has 0 saturated heterocycles. The fourth-order valence-electron chi connectivity index (χ4n) is 3.04. The average Bonchev–Trinajstić information content (AvgIpc) is 3.01. The van der Waals surface area contributed by atoms with Gasteiger partial charge in [0.25, 0.3) is 5.56 Å². The number of aromatic nitrogens is 4. The molecule has 3 rings (SSSR count). The van der Waals surface area contributed by atoms with E-state index in [2.05, 4.69) is 15.5 Å². The van der Waals surface area contributed by atoms with Crippen molar-refractivity contribution >= 4 is 16.8 Å². The van der Waals surface area contributed by atoms with E-state index in [9.17, 15) is 9.59 Å². The summed E-state index contributed by atoms with van der Waals surface area (Å²) >= 11 is 0. The second kappa shape index (κ2) is 7.34. The third kappa shape index (κ3) is 3.77. The first-order chi connectivity index (χ1) is 14.0. The molecule has 7 heteroatoms. The van der Waals surface area contributed by atoms with Gasteiger partial charge < -0.3 is 5.32 Å². The van der Waals surface area contributed by atoms with Gasteiger partial charge in [0.2, 0.25) is 5.91 Å². The standard InChI is InChI=1S/C20H25N5O2/c1-12(2)25-17-10-21-24(20(27)19(17)15(5)23-25)11-18(26)22-14(4)16-8-6-13(3)7-9-16/h6-10,12,14H,11H2,1-5H3,(H,22,26)/t14-/m0/s1/i3D3. The van der Waals surface area contributed by atoms with E-state index >= 15 is 0 Å². The monoisotopic (exact) mass is 370 g/mol. The van der Waals surface area contributed by atoms with Gasteiger partial charge in [0.15, 0.2) is 0 Å². The van der Waals surface area contributed by atoms with Crippen LogP contribution in [-0.2, 0) is 11.3 Å². The molecule has 142 valence electrons. The Morgan fingerprint density at radius 3 is 2.59 bits per heavy atom. The zero-order valence-corrected chi connectivity index (χ0v) is 15.9. The minimum atomic E-state index is -2.17. The summed E-state index contributed by atoms with van der Waals surface area (Å²) in [5.74, 6) is -0.370. The summed E-state index contributed by atoms with van der Waals surface area (Å²) in [5.41, 5.74) is 1.89. The molecule has 3 aromatic rings. The molecule has 1 N–H and O–H groups in total. The lowest BCUT2D eigenvalue weighted by atomic mass is 10.1. The Morgan fingerprint density at radius 2 is 1.96 bits per heavy atom. The minimum Gasteiger partial charge on any atom is -0.348 e. The Hall–Kier alpha value is -2.96. The van der Waals surface area contributed by atoms with Crippen LogP contribution >= 0.6 is 0 Å². The van der Waals surface area contributed by atoms with Crippen molar-refractivity contribution in [3.8, 4) is 0 Å². The number of aryl methyl sites for hydroxylation is 2. The van der Waals surface area contributed by atoms with Crippen LogP contribution in [0.25, 0.3) is 10.9 Å². The number of amides is 1. The largest absolute Gasteiger partial charge is 0.348 e. The maximum Gasteiger partial charge on any atom is 0.278 e. The van der Waals surface area contributed by atoms with E-state index < -0.39 is 6.85 Å². The Labute approximate surface area is 162 Å². The highest BCUT2D eigenvalue weighted by Crippen LogP contribution is 2.17. The molecule has 0 aliphatic rings. The van der Waals surface area contributed by atoms with Crippen LogP contribution in [0.5, 0.6) is 0 Å². The molecule has 1 aromatic carbocycles. The third-order valence-corrected chi connectivity index (χ3v) is 4.46. The molecule has 0 bridgehead atoms. The van der Waals surface area contributed by atoms with Crippen LogP contribution in [0.15, 0.2) is 35.3 Å². The van der Waals surface area contributed by atoms with E-state index in [1.165, 1.54) is 12.1 Å². The summed E-state index contributed by atoms with van der Waals surface area (Å²) in [5, 5.41) is 11.8. The van der Waals surface area contributed by atoms with Crippen molar-refractivity contribution in [2.75, 3.05) is 0 Å². The molecule has 0 unspecified atom stereocenters. The Kier molecular flexibility index (Phi) is 4.12. The predicted molar refractivity (Wildman–Crippen MR) is 105 cm³/mol. The van der Waals surface area contributed by atoms with Crippen LogP contribution in [0.3, 0.4) is 0 Å². The molecule has 2 aromatic heterocycles. The summed E-state index contributed by atoms with van der Waals surface area (Å²) in [6, 6.07) is 6.13. The van der Waals surface area contributed by atoms with Gasteiger partial charge in [-0.2, -0.15) is 10.2 Å². The zero-order chi connectivity index (χ0) is 22.2. The maximum absolute atomic E-state index is 12.8. The van der Waals surface area contributed by atoms with E-state index in [4.69, 9.17) is 4.11 Å². The van der Waals surface area contributed by atoms with Crippen molar-refractivity contribution in [2.45, 2.75) is 53.2 Å². The van der Waals surface area contributed by atoms with Crippen molar-refractivity contribution in [1.29, 1.82) is 0 Å². The second-order valence-corrected chi connectivity index (χ2v) is 6.90. The predicted octanol–water partition coefficient (Wildman–Crippen LogP) is 2.67. The lowest BCUT2D eigenvalue weighted by Gasteiger charge is -2.15. The number of carbonyl (C=O) groups is 1. The van der Waals surface area contributed by atoms with Crippen molar-refractivity contribution in [3.05, 3.63) is 57.6 Å². The van der Waals surface area contributed by atoms with Crippen molar-refractivity contribution in [3.63, 3.8) is 0 Å². The number of nitrogens with one attached hydrogen (secondary N) is 1. The van der Waals surface area contributed by atoms with E-state index in [0.29, 0.717) is 16.6 Å².